The summed E-state index contributed by atoms with van der Waals surface area (Å²) in [5, 5.41) is 4.17. The highest BCUT2D eigenvalue weighted by Crippen LogP contribution is 2.32. The molecule has 0 aliphatic carbocycles. The fourth-order valence-electron chi connectivity index (χ4n) is 2.67. The van der Waals surface area contributed by atoms with Crippen LogP contribution < -0.4 is 0 Å². The van der Waals surface area contributed by atoms with Gasteiger partial charge in [-0.3, -0.25) is 4.79 Å². The predicted molar refractivity (Wildman–Crippen MR) is 96.1 cm³/mol. The van der Waals surface area contributed by atoms with Crippen LogP contribution in [0.4, 0.5) is 0 Å². The average molecular weight is 319 g/mol. The molecule has 0 spiro atoms. The van der Waals surface area contributed by atoms with Gasteiger partial charge in [-0.2, -0.15) is 0 Å². The topological polar surface area (TPSA) is 43.1 Å². The molecule has 3 heteroatoms. The highest BCUT2D eigenvalue weighted by atomic mass is 16.5. The predicted octanol–water partition coefficient (Wildman–Crippen LogP) is 5.51. The Labute approximate surface area is 142 Å². The van der Waals surface area contributed by atoms with Crippen molar-refractivity contribution in [3.63, 3.8) is 0 Å². The summed E-state index contributed by atoms with van der Waals surface area (Å²) < 4.78 is 5.48. The first-order valence-corrected chi connectivity index (χ1v) is 8.04. The maximum atomic E-state index is 12.1. The molecule has 1 heterocycles. The van der Waals surface area contributed by atoms with Crippen LogP contribution in [-0.4, -0.2) is 10.9 Å². The highest BCUT2D eigenvalue weighted by Gasteiger charge is 2.19. The number of nitrogens with zero attached hydrogens (tertiary/aromatic N) is 1. The Kier molecular flexibility index (Phi) is 4.10. The fourth-order valence-corrected chi connectivity index (χ4v) is 2.67. The monoisotopic (exact) mass is 319 g/mol. The van der Waals surface area contributed by atoms with Crippen molar-refractivity contribution in [1.29, 1.82) is 0 Å². The molecule has 2 aromatic carbocycles. The molecule has 0 unspecified atom stereocenters. The molecule has 0 amide bonds. The van der Waals surface area contributed by atoms with E-state index < -0.39 is 0 Å². The quantitative estimate of drug-likeness (QED) is 0.598. The van der Waals surface area contributed by atoms with Crippen LogP contribution in [0.3, 0.4) is 0 Å². The maximum Gasteiger partial charge on any atom is 0.167 e. The van der Waals surface area contributed by atoms with Crippen LogP contribution in [0, 0.1) is 0 Å². The molecule has 0 radical (unpaired) electrons. The van der Waals surface area contributed by atoms with E-state index in [0.29, 0.717) is 17.0 Å². The van der Waals surface area contributed by atoms with Gasteiger partial charge in [-0.1, -0.05) is 68.4 Å². The first-order chi connectivity index (χ1) is 11.4. The van der Waals surface area contributed by atoms with Gasteiger partial charge in [0.25, 0.3) is 0 Å². The van der Waals surface area contributed by atoms with Crippen LogP contribution >= 0.6 is 0 Å². The van der Waals surface area contributed by atoms with Gasteiger partial charge in [-0.25, -0.2) is 0 Å². The molecule has 0 N–H and O–H groups in total. The van der Waals surface area contributed by atoms with Crippen LogP contribution in [0.5, 0.6) is 0 Å². The van der Waals surface area contributed by atoms with Crippen molar-refractivity contribution in [3.05, 3.63) is 65.7 Å². The number of rotatable bonds is 3. The van der Waals surface area contributed by atoms with E-state index in [4.69, 9.17) is 4.52 Å². The number of carbonyl (C=O) groups is 1. The number of benzene rings is 2. The van der Waals surface area contributed by atoms with Crippen molar-refractivity contribution in [2.24, 2.45) is 0 Å². The smallest absolute Gasteiger partial charge is 0.167 e. The van der Waals surface area contributed by atoms with Gasteiger partial charge >= 0.3 is 0 Å². The number of ketones is 1. The molecule has 122 valence electrons. The maximum absolute atomic E-state index is 12.1. The summed E-state index contributed by atoms with van der Waals surface area (Å²) in [5.74, 6) is 0.723. The van der Waals surface area contributed by atoms with Gasteiger partial charge in [0, 0.05) is 22.8 Å². The van der Waals surface area contributed by atoms with Gasteiger partial charge in [0.2, 0.25) is 0 Å². The average Bonchev–Trinajstić information content (AvgIpc) is 3.04. The van der Waals surface area contributed by atoms with Gasteiger partial charge in [-0.15, -0.1) is 0 Å². The largest absolute Gasteiger partial charge is 0.356 e. The van der Waals surface area contributed by atoms with E-state index in [9.17, 15) is 4.79 Å². The molecular formula is C21H21NO2. The molecule has 0 atom stereocenters. The molecule has 0 bridgehead atoms. The number of hydrogen-bond donors (Lipinski definition) is 0. The molecule has 3 aromatic rings. The molecular weight excluding hydrogens is 298 g/mol. The highest BCUT2D eigenvalue weighted by molar-refractivity contribution is 6.00. The van der Waals surface area contributed by atoms with Crippen LogP contribution in [-0.2, 0) is 5.41 Å². The number of hydrogen-bond acceptors (Lipinski definition) is 3. The Balaban J connectivity index is 2.07. The molecule has 24 heavy (non-hydrogen) atoms. The standard InChI is InChI=1S/C21H21NO2/c1-14(23)18-12-16(21(2,3)4)10-11-17(18)19-13-20(24-22-19)15-8-6-5-7-9-15/h5-13H,1-4H3. The summed E-state index contributed by atoms with van der Waals surface area (Å²) in [6.07, 6.45) is 0. The number of aromatic nitrogens is 1. The second kappa shape index (κ2) is 6.08. The lowest BCUT2D eigenvalue weighted by Gasteiger charge is -2.20. The normalized spacial score (nSPS) is 11.5. The van der Waals surface area contributed by atoms with E-state index in [1.54, 1.807) is 6.92 Å². The minimum absolute atomic E-state index is 0.0121. The van der Waals surface area contributed by atoms with Crippen molar-refractivity contribution >= 4 is 5.78 Å². The zero-order valence-corrected chi connectivity index (χ0v) is 14.5. The van der Waals surface area contributed by atoms with E-state index >= 15 is 0 Å². The minimum atomic E-state index is -0.0121. The summed E-state index contributed by atoms with van der Waals surface area (Å²) >= 11 is 0. The van der Waals surface area contributed by atoms with Crippen LogP contribution in [0.1, 0.15) is 43.6 Å². The minimum Gasteiger partial charge on any atom is -0.356 e. The van der Waals surface area contributed by atoms with E-state index in [-0.39, 0.29) is 11.2 Å². The van der Waals surface area contributed by atoms with Gasteiger partial charge in [0.15, 0.2) is 11.5 Å². The molecule has 0 saturated carbocycles. The van der Waals surface area contributed by atoms with Gasteiger partial charge in [0.1, 0.15) is 5.69 Å². The number of carbonyl (C=O) groups excluding carboxylic acids is 1. The van der Waals surface area contributed by atoms with Crippen molar-refractivity contribution < 1.29 is 9.32 Å². The van der Waals surface area contributed by atoms with E-state index in [0.717, 1.165) is 16.7 Å². The van der Waals surface area contributed by atoms with Gasteiger partial charge in [0.05, 0.1) is 0 Å². The molecule has 3 nitrogen and oxygen atoms in total. The Bertz CT molecular complexity index is 870. The molecule has 0 aliphatic heterocycles. The molecule has 0 saturated heterocycles. The van der Waals surface area contributed by atoms with Crippen molar-refractivity contribution in [2.75, 3.05) is 0 Å². The lowest BCUT2D eigenvalue weighted by molar-refractivity contribution is 0.101. The van der Waals surface area contributed by atoms with Crippen LogP contribution in [0.2, 0.25) is 0 Å². The number of Topliss-reactive ketones (excluding diaryl/α,β-unsaturated/α-hetero) is 1. The van der Waals surface area contributed by atoms with Crippen LogP contribution in [0.25, 0.3) is 22.6 Å². The third kappa shape index (κ3) is 3.16. The Morgan fingerprint density at radius 1 is 1.00 bits per heavy atom. The Morgan fingerprint density at radius 2 is 1.71 bits per heavy atom. The summed E-state index contributed by atoms with van der Waals surface area (Å²) in [6.45, 7) is 7.99. The van der Waals surface area contributed by atoms with E-state index in [1.165, 1.54) is 0 Å². The van der Waals surface area contributed by atoms with Crippen molar-refractivity contribution in [3.8, 4) is 22.6 Å². The van der Waals surface area contributed by atoms with Gasteiger partial charge < -0.3 is 4.52 Å². The second-order valence-electron chi connectivity index (χ2n) is 7.01. The fraction of sp³-hybridized carbons (Fsp3) is 0.238. The molecule has 0 aliphatic rings. The van der Waals surface area contributed by atoms with Crippen LogP contribution in [0.15, 0.2) is 59.1 Å². The molecule has 0 fully saturated rings. The molecule has 1 aromatic heterocycles. The van der Waals surface area contributed by atoms with E-state index in [2.05, 4.69) is 32.0 Å². The summed E-state index contributed by atoms with van der Waals surface area (Å²) in [6, 6.07) is 17.7. The lowest BCUT2D eigenvalue weighted by atomic mass is 9.84. The first kappa shape index (κ1) is 16.2. The SMILES string of the molecule is CC(=O)c1cc(C(C)(C)C)ccc1-c1cc(-c2ccccc2)on1. The summed E-state index contributed by atoms with van der Waals surface area (Å²) in [7, 11) is 0. The third-order valence-corrected chi connectivity index (χ3v) is 4.11. The van der Waals surface area contributed by atoms with Crippen molar-refractivity contribution in [2.45, 2.75) is 33.1 Å². The summed E-state index contributed by atoms with van der Waals surface area (Å²) in [4.78, 5) is 12.1. The second-order valence-corrected chi connectivity index (χ2v) is 7.01. The molecule has 3 rings (SSSR count). The first-order valence-electron chi connectivity index (χ1n) is 8.04. The third-order valence-electron chi connectivity index (χ3n) is 4.11. The zero-order chi connectivity index (χ0) is 17.3. The Morgan fingerprint density at radius 3 is 2.33 bits per heavy atom. The van der Waals surface area contributed by atoms with E-state index in [1.807, 2.05) is 48.5 Å². The zero-order valence-electron chi connectivity index (χ0n) is 14.5. The van der Waals surface area contributed by atoms with Crippen molar-refractivity contribution in [1.82, 2.24) is 5.16 Å². The lowest BCUT2D eigenvalue weighted by Crippen LogP contribution is -2.12. The van der Waals surface area contributed by atoms with Gasteiger partial charge in [-0.05, 0) is 24.0 Å². The Hall–Kier alpha value is -2.68. The summed E-state index contributed by atoms with van der Waals surface area (Å²) in [5.41, 5.74) is 4.24.